The molecule has 0 radical (unpaired) electrons. The number of anilines is 1. The largest absolute Gasteiger partial charge is 0.507 e. The van der Waals surface area contributed by atoms with E-state index in [9.17, 15) is 19.4 Å². The SMILES string of the molecule is COc1ccc(C2C(CCCC(O)c3ccc(F)cc3)SC(=O)N2c2ccccc2)c(O)c1. The molecule has 3 aromatic rings. The van der Waals surface area contributed by atoms with E-state index in [1.165, 1.54) is 31.0 Å². The molecule has 1 aliphatic heterocycles. The molecule has 0 spiro atoms. The first kappa shape index (κ1) is 23.1. The minimum absolute atomic E-state index is 0.0759. The number of aliphatic hydroxyl groups excluding tert-OH is 1. The lowest BCUT2D eigenvalue weighted by atomic mass is 9.95. The molecule has 2 N–H and O–H groups in total. The van der Waals surface area contributed by atoms with Crippen LogP contribution in [0.5, 0.6) is 11.5 Å². The number of phenolic OH excluding ortho intramolecular Hbond substituents is 1. The summed E-state index contributed by atoms with van der Waals surface area (Å²) in [6.45, 7) is 0. The first-order valence-electron chi connectivity index (χ1n) is 10.8. The van der Waals surface area contributed by atoms with E-state index >= 15 is 0 Å². The normalized spacial score (nSPS) is 19.0. The molecule has 1 fully saturated rings. The highest BCUT2D eigenvalue weighted by molar-refractivity contribution is 8.14. The molecule has 0 aliphatic carbocycles. The standard InChI is InChI=1S/C26H26FNO4S/c1-32-20-14-15-21(23(30)16-20)25-24(33-26(31)28(25)19-6-3-2-4-7-19)9-5-8-22(29)17-10-12-18(27)13-11-17/h2-4,6-7,10-16,22,24-25,29-30H,5,8-9H2,1H3. The summed E-state index contributed by atoms with van der Waals surface area (Å²) in [6.07, 6.45) is 1.11. The number of rotatable bonds is 8. The van der Waals surface area contributed by atoms with Crippen LogP contribution in [-0.2, 0) is 0 Å². The smallest absolute Gasteiger partial charge is 0.287 e. The van der Waals surface area contributed by atoms with Crippen LogP contribution in [-0.4, -0.2) is 27.8 Å². The Kier molecular flexibility index (Phi) is 7.20. The van der Waals surface area contributed by atoms with Gasteiger partial charge in [-0.3, -0.25) is 9.69 Å². The molecule has 5 nitrogen and oxygen atoms in total. The number of para-hydroxylation sites is 1. The van der Waals surface area contributed by atoms with E-state index in [0.717, 1.165) is 5.69 Å². The Morgan fingerprint density at radius 2 is 1.82 bits per heavy atom. The van der Waals surface area contributed by atoms with Crippen LogP contribution in [0.25, 0.3) is 0 Å². The average molecular weight is 468 g/mol. The van der Waals surface area contributed by atoms with Gasteiger partial charge in [0.15, 0.2) is 0 Å². The van der Waals surface area contributed by atoms with Crippen LogP contribution in [0.15, 0.2) is 72.8 Å². The van der Waals surface area contributed by atoms with Crippen molar-refractivity contribution in [2.24, 2.45) is 0 Å². The molecular formula is C26H26FNO4S. The van der Waals surface area contributed by atoms with Gasteiger partial charge in [0.05, 0.1) is 19.3 Å². The van der Waals surface area contributed by atoms with E-state index in [4.69, 9.17) is 4.74 Å². The highest BCUT2D eigenvalue weighted by Gasteiger charge is 2.43. The molecule has 7 heteroatoms. The maximum absolute atomic E-state index is 13.2. The van der Waals surface area contributed by atoms with Crippen LogP contribution in [0.2, 0.25) is 0 Å². The van der Waals surface area contributed by atoms with Crippen molar-refractivity contribution in [1.29, 1.82) is 0 Å². The number of methoxy groups -OCH3 is 1. The van der Waals surface area contributed by atoms with Gasteiger partial charge >= 0.3 is 0 Å². The molecule has 1 heterocycles. The number of halogens is 1. The summed E-state index contributed by atoms with van der Waals surface area (Å²) in [5.41, 5.74) is 2.09. The summed E-state index contributed by atoms with van der Waals surface area (Å²) >= 11 is 1.25. The number of carbonyl (C=O) groups excluding carboxylic acids is 1. The Morgan fingerprint density at radius 3 is 2.48 bits per heavy atom. The lowest BCUT2D eigenvalue weighted by molar-refractivity contribution is 0.163. The molecule has 1 saturated heterocycles. The first-order valence-corrected chi connectivity index (χ1v) is 11.7. The van der Waals surface area contributed by atoms with Crippen molar-refractivity contribution < 1.29 is 24.1 Å². The van der Waals surface area contributed by atoms with Crippen molar-refractivity contribution in [2.45, 2.75) is 36.7 Å². The molecule has 172 valence electrons. The molecule has 3 atom stereocenters. The summed E-state index contributed by atoms with van der Waals surface area (Å²) in [6, 6.07) is 20.0. The summed E-state index contributed by atoms with van der Waals surface area (Å²) in [5, 5.41) is 21.0. The Morgan fingerprint density at radius 1 is 1.09 bits per heavy atom. The number of amides is 1. The van der Waals surface area contributed by atoms with E-state index < -0.39 is 6.10 Å². The van der Waals surface area contributed by atoms with Crippen molar-refractivity contribution >= 4 is 22.7 Å². The number of hydrogen-bond acceptors (Lipinski definition) is 5. The average Bonchev–Trinajstić information content (AvgIpc) is 3.15. The van der Waals surface area contributed by atoms with Gasteiger partial charge in [0, 0.05) is 22.6 Å². The summed E-state index contributed by atoms with van der Waals surface area (Å²) in [5.74, 6) is 0.278. The number of nitrogens with zero attached hydrogens (tertiary/aromatic N) is 1. The third-order valence-electron chi connectivity index (χ3n) is 5.89. The number of ether oxygens (including phenoxy) is 1. The lowest BCUT2D eigenvalue weighted by Crippen LogP contribution is -2.29. The number of phenols is 1. The predicted molar refractivity (Wildman–Crippen MR) is 128 cm³/mol. The van der Waals surface area contributed by atoms with E-state index in [2.05, 4.69) is 0 Å². The lowest BCUT2D eigenvalue weighted by Gasteiger charge is -2.28. The number of aromatic hydroxyl groups is 1. The molecule has 3 aromatic carbocycles. The minimum Gasteiger partial charge on any atom is -0.507 e. The molecule has 4 rings (SSSR count). The summed E-state index contributed by atoms with van der Waals surface area (Å²) < 4.78 is 18.4. The van der Waals surface area contributed by atoms with Gasteiger partial charge in [0.1, 0.15) is 17.3 Å². The van der Waals surface area contributed by atoms with Crippen LogP contribution in [0, 0.1) is 5.82 Å². The topological polar surface area (TPSA) is 70.0 Å². The quantitative estimate of drug-likeness (QED) is 0.411. The van der Waals surface area contributed by atoms with Crippen LogP contribution in [0.3, 0.4) is 0 Å². The molecule has 0 bridgehead atoms. The molecular weight excluding hydrogens is 441 g/mol. The van der Waals surface area contributed by atoms with Crippen molar-refractivity contribution in [2.75, 3.05) is 12.0 Å². The Labute approximate surface area is 196 Å². The fraction of sp³-hybridized carbons (Fsp3) is 0.269. The van der Waals surface area contributed by atoms with E-state index in [-0.39, 0.29) is 28.1 Å². The molecule has 1 aliphatic rings. The monoisotopic (exact) mass is 467 g/mol. The summed E-state index contributed by atoms with van der Waals surface area (Å²) in [7, 11) is 1.54. The number of carbonyl (C=O) groups is 1. The zero-order valence-electron chi connectivity index (χ0n) is 18.2. The Balaban J connectivity index is 1.55. The van der Waals surface area contributed by atoms with Crippen LogP contribution >= 0.6 is 11.8 Å². The second-order valence-corrected chi connectivity index (χ2v) is 9.19. The van der Waals surface area contributed by atoms with Crippen molar-refractivity contribution in [3.05, 3.63) is 89.7 Å². The first-order chi connectivity index (χ1) is 16.0. The fourth-order valence-corrected chi connectivity index (χ4v) is 5.48. The van der Waals surface area contributed by atoms with Gasteiger partial charge in [-0.2, -0.15) is 0 Å². The minimum atomic E-state index is -0.703. The second-order valence-electron chi connectivity index (χ2n) is 8.00. The molecule has 3 unspecified atom stereocenters. The van der Waals surface area contributed by atoms with Gasteiger partial charge in [-0.25, -0.2) is 4.39 Å². The van der Waals surface area contributed by atoms with Crippen molar-refractivity contribution in [3.8, 4) is 11.5 Å². The number of hydrogen-bond donors (Lipinski definition) is 2. The molecule has 33 heavy (non-hydrogen) atoms. The van der Waals surface area contributed by atoms with Crippen molar-refractivity contribution in [1.82, 2.24) is 0 Å². The summed E-state index contributed by atoms with van der Waals surface area (Å²) in [4.78, 5) is 14.8. The zero-order chi connectivity index (χ0) is 23.4. The number of benzene rings is 3. The zero-order valence-corrected chi connectivity index (χ0v) is 19.0. The van der Waals surface area contributed by atoms with E-state index in [1.54, 1.807) is 35.2 Å². The molecule has 0 aromatic heterocycles. The van der Waals surface area contributed by atoms with Gasteiger partial charge in [0.25, 0.3) is 5.24 Å². The molecule has 1 amide bonds. The predicted octanol–water partition coefficient (Wildman–Crippen LogP) is 6.23. The highest BCUT2D eigenvalue weighted by atomic mass is 32.2. The van der Waals surface area contributed by atoms with E-state index in [1.807, 2.05) is 30.3 Å². The Bertz CT molecular complexity index is 1090. The highest BCUT2D eigenvalue weighted by Crippen LogP contribution is 2.48. The van der Waals surface area contributed by atoms with Gasteiger partial charge < -0.3 is 14.9 Å². The third-order valence-corrected chi connectivity index (χ3v) is 7.09. The van der Waals surface area contributed by atoms with Crippen molar-refractivity contribution in [3.63, 3.8) is 0 Å². The number of aliphatic hydroxyl groups is 1. The van der Waals surface area contributed by atoms with Gasteiger partial charge in [-0.15, -0.1) is 0 Å². The number of thioether (sulfide) groups is 1. The van der Waals surface area contributed by atoms with Gasteiger partial charge in [-0.1, -0.05) is 42.1 Å². The van der Waals surface area contributed by atoms with Gasteiger partial charge in [0.2, 0.25) is 0 Å². The Hall–Kier alpha value is -3.03. The van der Waals surface area contributed by atoms with Gasteiger partial charge in [-0.05, 0) is 61.2 Å². The fourth-order valence-electron chi connectivity index (χ4n) is 4.21. The van der Waals surface area contributed by atoms with Crippen LogP contribution < -0.4 is 9.64 Å². The third kappa shape index (κ3) is 5.15. The van der Waals surface area contributed by atoms with Crippen LogP contribution in [0.1, 0.15) is 42.5 Å². The van der Waals surface area contributed by atoms with E-state index in [0.29, 0.717) is 36.1 Å². The maximum Gasteiger partial charge on any atom is 0.287 e. The maximum atomic E-state index is 13.2. The second kappa shape index (κ2) is 10.3. The van der Waals surface area contributed by atoms with Crippen LogP contribution in [0.4, 0.5) is 14.9 Å². The molecule has 0 saturated carbocycles.